The van der Waals surface area contributed by atoms with Gasteiger partial charge in [0.05, 0.1) is 18.1 Å². The Labute approximate surface area is 144 Å². The van der Waals surface area contributed by atoms with E-state index in [-0.39, 0.29) is 17.9 Å². The molecule has 1 saturated heterocycles. The molecule has 1 aliphatic heterocycles. The first-order valence-electron chi connectivity index (χ1n) is 7.76. The lowest BCUT2D eigenvalue weighted by molar-refractivity contribution is -0.117. The summed E-state index contributed by atoms with van der Waals surface area (Å²) in [5, 5.41) is 10.8. The van der Waals surface area contributed by atoms with E-state index >= 15 is 0 Å². The SMILES string of the molecule is O=C(CC1COCCN1)Nc1ccc(NC(=O)c2cccs2)cc1. The molecule has 2 aromatic rings. The Balaban J connectivity index is 1.50. The number of carbonyl (C=O) groups excluding carboxylic acids is 2. The molecule has 1 fully saturated rings. The highest BCUT2D eigenvalue weighted by Gasteiger charge is 2.16. The molecule has 0 spiro atoms. The van der Waals surface area contributed by atoms with Gasteiger partial charge in [0.15, 0.2) is 0 Å². The van der Waals surface area contributed by atoms with Crippen molar-refractivity contribution in [2.45, 2.75) is 12.5 Å². The monoisotopic (exact) mass is 345 g/mol. The minimum Gasteiger partial charge on any atom is -0.378 e. The Morgan fingerprint density at radius 3 is 2.54 bits per heavy atom. The van der Waals surface area contributed by atoms with E-state index in [4.69, 9.17) is 4.74 Å². The van der Waals surface area contributed by atoms with Crippen LogP contribution in [-0.2, 0) is 9.53 Å². The molecule has 3 N–H and O–H groups in total. The Hall–Kier alpha value is -2.22. The van der Waals surface area contributed by atoms with E-state index in [1.807, 2.05) is 11.4 Å². The number of amides is 2. The average Bonchev–Trinajstić information content (AvgIpc) is 3.12. The number of nitrogens with one attached hydrogen (secondary N) is 3. The number of ether oxygens (including phenoxy) is 1. The standard InChI is InChI=1S/C17H19N3O3S/c21-16(10-14-11-23-8-7-18-14)19-12-3-5-13(6-4-12)20-17(22)15-2-1-9-24-15/h1-6,9,14,18H,7-8,10-11H2,(H,19,21)(H,20,22). The van der Waals surface area contributed by atoms with Crippen molar-refractivity contribution in [3.8, 4) is 0 Å². The van der Waals surface area contributed by atoms with Crippen LogP contribution >= 0.6 is 11.3 Å². The summed E-state index contributed by atoms with van der Waals surface area (Å²) >= 11 is 1.39. The van der Waals surface area contributed by atoms with Crippen LogP contribution in [0.15, 0.2) is 41.8 Å². The minimum absolute atomic E-state index is 0.0584. The van der Waals surface area contributed by atoms with Gasteiger partial charge in [-0.25, -0.2) is 0 Å². The summed E-state index contributed by atoms with van der Waals surface area (Å²) in [5.74, 6) is -0.196. The van der Waals surface area contributed by atoms with Gasteiger partial charge in [0, 0.05) is 30.4 Å². The maximum absolute atomic E-state index is 12.0. The normalized spacial score (nSPS) is 17.2. The molecule has 2 amide bonds. The molecule has 7 heteroatoms. The molecule has 1 aromatic heterocycles. The van der Waals surface area contributed by atoms with Crippen LogP contribution in [0.1, 0.15) is 16.1 Å². The fourth-order valence-electron chi connectivity index (χ4n) is 2.42. The summed E-state index contributed by atoms with van der Waals surface area (Å²) in [6.45, 7) is 2.02. The van der Waals surface area contributed by atoms with E-state index in [9.17, 15) is 9.59 Å². The van der Waals surface area contributed by atoms with Gasteiger partial charge in [-0.05, 0) is 35.7 Å². The number of carbonyl (C=O) groups is 2. The van der Waals surface area contributed by atoms with Crippen molar-refractivity contribution >= 4 is 34.5 Å². The summed E-state index contributed by atoms with van der Waals surface area (Å²) in [5.41, 5.74) is 1.39. The first-order chi connectivity index (χ1) is 11.7. The van der Waals surface area contributed by atoms with Crippen LogP contribution in [0.5, 0.6) is 0 Å². The van der Waals surface area contributed by atoms with Gasteiger partial charge in [0.1, 0.15) is 0 Å². The van der Waals surface area contributed by atoms with Crippen molar-refractivity contribution in [3.05, 3.63) is 46.7 Å². The predicted molar refractivity (Wildman–Crippen MR) is 94.6 cm³/mol. The number of morpholine rings is 1. The molecule has 24 heavy (non-hydrogen) atoms. The first-order valence-corrected chi connectivity index (χ1v) is 8.64. The second-order valence-corrected chi connectivity index (χ2v) is 6.43. The van der Waals surface area contributed by atoms with E-state index in [0.29, 0.717) is 35.9 Å². The Bertz CT molecular complexity index is 680. The second kappa shape index (κ2) is 8.05. The van der Waals surface area contributed by atoms with Crippen LogP contribution in [0.25, 0.3) is 0 Å². The van der Waals surface area contributed by atoms with E-state index in [2.05, 4.69) is 16.0 Å². The van der Waals surface area contributed by atoms with E-state index in [0.717, 1.165) is 6.54 Å². The van der Waals surface area contributed by atoms with E-state index in [1.165, 1.54) is 11.3 Å². The van der Waals surface area contributed by atoms with Gasteiger partial charge >= 0.3 is 0 Å². The maximum Gasteiger partial charge on any atom is 0.265 e. The van der Waals surface area contributed by atoms with Gasteiger partial charge in [-0.2, -0.15) is 0 Å². The topological polar surface area (TPSA) is 79.5 Å². The van der Waals surface area contributed by atoms with Crippen LogP contribution in [-0.4, -0.2) is 37.6 Å². The van der Waals surface area contributed by atoms with Crippen molar-refractivity contribution in [2.24, 2.45) is 0 Å². The second-order valence-electron chi connectivity index (χ2n) is 5.49. The lowest BCUT2D eigenvalue weighted by atomic mass is 10.2. The summed E-state index contributed by atoms with van der Waals surface area (Å²) in [4.78, 5) is 24.7. The number of benzene rings is 1. The maximum atomic E-state index is 12.0. The highest BCUT2D eigenvalue weighted by atomic mass is 32.1. The van der Waals surface area contributed by atoms with Crippen molar-refractivity contribution in [3.63, 3.8) is 0 Å². The third kappa shape index (κ3) is 4.64. The van der Waals surface area contributed by atoms with Gasteiger partial charge in [0.2, 0.25) is 5.91 Å². The molecule has 126 valence electrons. The number of thiophene rings is 1. The zero-order valence-corrected chi connectivity index (χ0v) is 13.9. The van der Waals surface area contributed by atoms with Crippen molar-refractivity contribution < 1.29 is 14.3 Å². The largest absolute Gasteiger partial charge is 0.378 e. The highest BCUT2D eigenvalue weighted by Crippen LogP contribution is 2.16. The lowest BCUT2D eigenvalue weighted by Gasteiger charge is -2.23. The number of hydrogen-bond acceptors (Lipinski definition) is 5. The molecule has 0 radical (unpaired) electrons. The van der Waals surface area contributed by atoms with Gasteiger partial charge in [-0.1, -0.05) is 6.07 Å². The zero-order valence-electron chi connectivity index (χ0n) is 13.1. The van der Waals surface area contributed by atoms with Crippen LogP contribution in [0.4, 0.5) is 11.4 Å². The highest BCUT2D eigenvalue weighted by molar-refractivity contribution is 7.12. The van der Waals surface area contributed by atoms with Gasteiger partial charge in [0.25, 0.3) is 5.91 Å². The first kappa shape index (κ1) is 16.6. The van der Waals surface area contributed by atoms with E-state index in [1.54, 1.807) is 30.3 Å². The quantitative estimate of drug-likeness (QED) is 0.777. The summed E-state index contributed by atoms with van der Waals surface area (Å²) in [6.07, 6.45) is 0.372. The molecule has 1 unspecified atom stereocenters. The van der Waals surface area contributed by atoms with Crippen molar-refractivity contribution in [2.75, 3.05) is 30.4 Å². The molecule has 6 nitrogen and oxygen atoms in total. The van der Waals surface area contributed by atoms with Crippen LogP contribution in [0, 0.1) is 0 Å². The third-order valence-electron chi connectivity index (χ3n) is 3.60. The van der Waals surface area contributed by atoms with Crippen LogP contribution < -0.4 is 16.0 Å². The van der Waals surface area contributed by atoms with Crippen molar-refractivity contribution in [1.82, 2.24) is 5.32 Å². The lowest BCUT2D eigenvalue weighted by Crippen LogP contribution is -2.43. The number of rotatable bonds is 5. The molecule has 0 bridgehead atoms. The fourth-order valence-corrected chi connectivity index (χ4v) is 3.04. The Morgan fingerprint density at radius 2 is 1.92 bits per heavy atom. The van der Waals surface area contributed by atoms with Crippen molar-refractivity contribution in [1.29, 1.82) is 0 Å². The zero-order chi connectivity index (χ0) is 16.8. The summed E-state index contributed by atoms with van der Waals surface area (Å²) < 4.78 is 5.33. The average molecular weight is 345 g/mol. The van der Waals surface area contributed by atoms with Crippen LogP contribution in [0.2, 0.25) is 0 Å². The molecule has 0 aliphatic carbocycles. The molecule has 3 rings (SSSR count). The smallest absolute Gasteiger partial charge is 0.265 e. The molecule has 0 saturated carbocycles. The van der Waals surface area contributed by atoms with Gasteiger partial charge < -0.3 is 20.7 Å². The van der Waals surface area contributed by atoms with Gasteiger partial charge in [-0.3, -0.25) is 9.59 Å². The third-order valence-corrected chi connectivity index (χ3v) is 4.47. The summed E-state index contributed by atoms with van der Waals surface area (Å²) in [6, 6.07) is 10.7. The fraction of sp³-hybridized carbons (Fsp3) is 0.294. The molecule has 2 heterocycles. The molecule has 1 atom stereocenters. The minimum atomic E-state index is -0.134. The summed E-state index contributed by atoms with van der Waals surface area (Å²) in [7, 11) is 0. The molecule has 1 aliphatic rings. The molecular formula is C17H19N3O3S. The number of anilines is 2. The Morgan fingerprint density at radius 1 is 1.17 bits per heavy atom. The Kier molecular flexibility index (Phi) is 5.58. The van der Waals surface area contributed by atoms with E-state index < -0.39 is 0 Å². The van der Waals surface area contributed by atoms with Gasteiger partial charge in [-0.15, -0.1) is 11.3 Å². The predicted octanol–water partition coefficient (Wildman–Crippen LogP) is 2.32. The molecule has 1 aromatic carbocycles. The molecular weight excluding hydrogens is 326 g/mol. The van der Waals surface area contributed by atoms with Crippen LogP contribution in [0.3, 0.4) is 0 Å². The number of hydrogen-bond donors (Lipinski definition) is 3.